The number of aromatic nitrogens is 1. The molecule has 3 aromatic rings. The summed E-state index contributed by atoms with van der Waals surface area (Å²) in [6.07, 6.45) is 0. The number of rotatable bonds is 5. The number of nitrogens with zero attached hydrogens (tertiary/aromatic N) is 4. The molecule has 2 aromatic heterocycles. The van der Waals surface area contributed by atoms with Crippen molar-refractivity contribution in [2.45, 2.75) is 13.1 Å². The van der Waals surface area contributed by atoms with Crippen molar-refractivity contribution in [3.63, 3.8) is 0 Å². The minimum absolute atomic E-state index is 0.726. The number of hydrogen-bond donors (Lipinski definition) is 0. The first-order valence-corrected chi connectivity index (χ1v) is 10.5. The summed E-state index contributed by atoms with van der Waals surface area (Å²) < 4.78 is 0. The van der Waals surface area contributed by atoms with E-state index < -0.39 is 0 Å². The van der Waals surface area contributed by atoms with Crippen LogP contribution in [0.25, 0.3) is 10.6 Å². The summed E-state index contributed by atoms with van der Waals surface area (Å²) in [7, 11) is 0. The second-order valence-corrected chi connectivity index (χ2v) is 8.16. The molecular formula is C20H20N4S2. The molecule has 1 aliphatic heterocycles. The summed E-state index contributed by atoms with van der Waals surface area (Å²) in [5.74, 6) is 0. The Kier molecular flexibility index (Phi) is 5.42. The highest BCUT2D eigenvalue weighted by atomic mass is 32.1. The Hall–Kier alpha value is -2.04. The van der Waals surface area contributed by atoms with Crippen LogP contribution in [0.15, 0.2) is 46.5 Å². The number of nitriles is 1. The average Bonchev–Trinajstić information content (AvgIpc) is 3.36. The number of piperazine rings is 1. The van der Waals surface area contributed by atoms with E-state index >= 15 is 0 Å². The summed E-state index contributed by atoms with van der Waals surface area (Å²) >= 11 is 3.45. The van der Waals surface area contributed by atoms with Crippen molar-refractivity contribution >= 4 is 22.7 Å². The van der Waals surface area contributed by atoms with Gasteiger partial charge in [0.1, 0.15) is 5.01 Å². The van der Waals surface area contributed by atoms with Gasteiger partial charge in [-0.15, -0.1) is 11.3 Å². The van der Waals surface area contributed by atoms with Gasteiger partial charge in [-0.1, -0.05) is 12.1 Å². The van der Waals surface area contributed by atoms with Gasteiger partial charge in [0.25, 0.3) is 0 Å². The van der Waals surface area contributed by atoms with Crippen LogP contribution >= 0.6 is 22.7 Å². The molecule has 4 nitrogen and oxygen atoms in total. The van der Waals surface area contributed by atoms with Crippen LogP contribution in [0.3, 0.4) is 0 Å². The lowest BCUT2D eigenvalue weighted by molar-refractivity contribution is 0.121. The molecular weight excluding hydrogens is 360 g/mol. The lowest BCUT2D eigenvalue weighted by Crippen LogP contribution is -2.45. The molecule has 0 bridgehead atoms. The highest BCUT2D eigenvalue weighted by molar-refractivity contribution is 7.14. The fraction of sp³-hybridized carbons (Fsp3) is 0.300. The quantitative estimate of drug-likeness (QED) is 0.669. The molecule has 1 aliphatic rings. The SMILES string of the molecule is N#Cc1ccc(CN2CCN(Cc3csc(-c4ccsc4)n3)CC2)cc1. The van der Waals surface area contributed by atoms with Crippen molar-refractivity contribution < 1.29 is 0 Å². The van der Waals surface area contributed by atoms with E-state index in [0.717, 1.165) is 49.8 Å². The predicted molar refractivity (Wildman–Crippen MR) is 107 cm³/mol. The van der Waals surface area contributed by atoms with Crippen LogP contribution in [0.1, 0.15) is 16.8 Å². The van der Waals surface area contributed by atoms with Crippen molar-refractivity contribution in [3.05, 3.63) is 63.3 Å². The van der Waals surface area contributed by atoms with Gasteiger partial charge in [-0.25, -0.2) is 4.98 Å². The summed E-state index contributed by atoms with van der Waals surface area (Å²) in [6.45, 7) is 6.18. The molecule has 4 rings (SSSR count). The molecule has 0 aliphatic carbocycles. The van der Waals surface area contributed by atoms with E-state index in [1.165, 1.54) is 16.8 Å². The molecule has 3 heterocycles. The van der Waals surface area contributed by atoms with Crippen LogP contribution in [-0.4, -0.2) is 41.0 Å². The van der Waals surface area contributed by atoms with Crippen LogP contribution in [0.2, 0.25) is 0 Å². The van der Waals surface area contributed by atoms with Gasteiger partial charge in [-0.2, -0.15) is 16.6 Å². The highest BCUT2D eigenvalue weighted by Gasteiger charge is 2.18. The van der Waals surface area contributed by atoms with Crippen LogP contribution < -0.4 is 0 Å². The number of hydrogen-bond acceptors (Lipinski definition) is 6. The molecule has 0 atom stereocenters. The zero-order valence-corrected chi connectivity index (χ0v) is 16.1. The molecule has 0 amide bonds. The van der Waals surface area contributed by atoms with Crippen molar-refractivity contribution in [2.75, 3.05) is 26.2 Å². The van der Waals surface area contributed by atoms with Crippen molar-refractivity contribution in [2.24, 2.45) is 0 Å². The van der Waals surface area contributed by atoms with E-state index in [9.17, 15) is 0 Å². The summed E-state index contributed by atoms with van der Waals surface area (Å²) in [5, 5.41) is 16.5. The van der Waals surface area contributed by atoms with Gasteiger partial charge in [-0.05, 0) is 29.1 Å². The minimum Gasteiger partial charge on any atom is -0.297 e. The Labute approximate surface area is 162 Å². The first-order chi connectivity index (χ1) is 12.8. The number of thiophene rings is 1. The van der Waals surface area contributed by atoms with Crippen LogP contribution in [0.4, 0.5) is 0 Å². The molecule has 1 fully saturated rings. The minimum atomic E-state index is 0.726. The second-order valence-electron chi connectivity index (χ2n) is 6.52. The largest absolute Gasteiger partial charge is 0.297 e. The van der Waals surface area contributed by atoms with E-state index in [0.29, 0.717) is 0 Å². The Morgan fingerprint density at radius 1 is 0.962 bits per heavy atom. The lowest BCUT2D eigenvalue weighted by Gasteiger charge is -2.34. The maximum Gasteiger partial charge on any atom is 0.124 e. The average molecular weight is 381 g/mol. The number of benzene rings is 1. The third kappa shape index (κ3) is 4.19. The maximum absolute atomic E-state index is 8.89. The molecule has 1 saturated heterocycles. The van der Waals surface area contributed by atoms with Crippen molar-refractivity contribution in [1.29, 1.82) is 5.26 Å². The van der Waals surface area contributed by atoms with E-state index in [2.05, 4.69) is 50.2 Å². The Morgan fingerprint density at radius 3 is 2.35 bits per heavy atom. The van der Waals surface area contributed by atoms with Gasteiger partial charge < -0.3 is 0 Å². The molecule has 0 spiro atoms. The molecule has 0 N–H and O–H groups in total. The standard InChI is InChI=1S/C20H20N4S2/c21-11-16-1-3-17(4-2-16)12-23-6-8-24(9-7-23)13-19-15-26-20(22-19)18-5-10-25-14-18/h1-5,10,14-15H,6-9,12-13H2. The van der Waals surface area contributed by atoms with Crippen LogP contribution in [0, 0.1) is 11.3 Å². The third-order valence-electron chi connectivity index (χ3n) is 4.66. The Morgan fingerprint density at radius 2 is 1.69 bits per heavy atom. The smallest absolute Gasteiger partial charge is 0.124 e. The first-order valence-electron chi connectivity index (χ1n) is 8.71. The number of thiazole rings is 1. The van der Waals surface area contributed by atoms with Crippen molar-refractivity contribution in [1.82, 2.24) is 14.8 Å². The fourth-order valence-electron chi connectivity index (χ4n) is 3.18. The third-order valence-corrected chi connectivity index (χ3v) is 6.28. The van der Waals surface area contributed by atoms with E-state index in [4.69, 9.17) is 10.2 Å². The zero-order chi connectivity index (χ0) is 17.8. The molecule has 26 heavy (non-hydrogen) atoms. The van der Waals surface area contributed by atoms with Gasteiger partial charge in [0.15, 0.2) is 0 Å². The summed E-state index contributed by atoms with van der Waals surface area (Å²) in [4.78, 5) is 9.76. The lowest BCUT2D eigenvalue weighted by atomic mass is 10.1. The predicted octanol–water partition coefficient (Wildman–Crippen LogP) is 4.06. The summed E-state index contributed by atoms with van der Waals surface area (Å²) in [5.41, 5.74) is 4.41. The monoisotopic (exact) mass is 380 g/mol. The maximum atomic E-state index is 8.89. The second kappa shape index (κ2) is 8.11. The Bertz CT molecular complexity index is 869. The summed E-state index contributed by atoms with van der Waals surface area (Å²) in [6, 6.07) is 12.2. The zero-order valence-electron chi connectivity index (χ0n) is 14.5. The van der Waals surface area contributed by atoms with E-state index in [1.807, 2.05) is 12.1 Å². The molecule has 6 heteroatoms. The van der Waals surface area contributed by atoms with Gasteiger partial charge in [-0.3, -0.25) is 9.80 Å². The first kappa shape index (κ1) is 17.4. The van der Waals surface area contributed by atoms with Gasteiger partial charge >= 0.3 is 0 Å². The highest BCUT2D eigenvalue weighted by Crippen LogP contribution is 2.26. The van der Waals surface area contributed by atoms with Crippen LogP contribution in [-0.2, 0) is 13.1 Å². The molecule has 0 radical (unpaired) electrons. The Balaban J connectivity index is 1.27. The van der Waals surface area contributed by atoms with E-state index in [-0.39, 0.29) is 0 Å². The molecule has 0 saturated carbocycles. The fourth-order valence-corrected chi connectivity index (χ4v) is 4.70. The van der Waals surface area contributed by atoms with Crippen LogP contribution in [0.5, 0.6) is 0 Å². The molecule has 0 unspecified atom stereocenters. The van der Waals surface area contributed by atoms with Gasteiger partial charge in [0.05, 0.1) is 17.3 Å². The molecule has 1 aromatic carbocycles. The topological polar surface area (TPSA) is 43.2 Å². The normalized spacial score (nSPS) is 15.8. The van der Waals surface area contributed by atoms with E-state index in [1.54, 1.807) is 22.7 Å². The molecule has 132 valence electrons. The van der Waals surface area contributed by atoms with Gasteiger partial charge in [0, 0.05) is 55.6 Å². The van der Waals surface area contributed by atoms with Gasteiger partial charge in [0.2, 0.25) is 0 Å². The van der Waals surface area contributed by atoms with Crippen molar-refractivity contribution in [3.8, 4) is 16.6 Å².